The third kappa shape index (κ3) is 3.96. The summed E-state index contributed by atoms with van der Waals surface area (Å²) in [4.78, 5) is 1.49. The van der Waals surface area contributed by atoms with Crippen molar-refractivity contribution in [2.45, 2.75) is 0 Å². The summed E-state index contributed by atoms with van der Waals surface area (Å²) in [6.07, 6.45) is 3.70. The highest BCUT2D eigenvalue weighted by molar-refractivity contribution is 7.74. The van der Waals surface area contributed by atoms with Gasteiger partial charge >= 0.3 is 0 Å². The molecule has 0 N–H and O–H groups in total. The molecule has 1 aromatic heterocycles. The van der Waals surface area contributed by atoms with Crippen LogP contribution in [0, 0.1) is 0 Å². The van der Waals surface area contributed by atoms with Crippen molar-refractivity contribution in [2.75, 3.05) is 0 Å². The van der Waals surface area contributed by atoms with Crippen molar-refractivity contribution in [1.29, 1.82) is 0 Å². The quantitative estimate of drug-likeness (QED) is 0.294. The molecule has 0 saturated carbocycles. The summed E-state index contributed by atoms with van der Waals surface area (Å²) in [5, 5.41) is 11.3. The maximum absolute atomic E-state index is 11.2. The van der Waals surface area contributed by atoms with Crippen LogP contribution in [0.3, 0.4) is 0 Å². The van der Waals surface area contributed by atoms with Crippen molar-refractivity contribution in [1.82, 2.24) is 15.0 Å². The van der Waals surface area contributed by atoms with E-state index in [1.165, 1.54) is 4.80 Å². The minimum Gasteiger partial charge on any atom is -0.740 e. The minimum atomic E-state index is -2.71. The molecule has 0 amide bonds. The standard InChI is InChI=1S/C24H17N3O3S/c28-31(29)30-23-16-20(14-12-19(23)11-10-17-6-2-1-3-7-17)27-25-22-15-13-18-8-4-5-9-21(18)24(22)26-27/h1-16H,(H,28,29)/p-1. The van der Waals surface area contributed by atoms with E-state index in [9.17, 15) is 8.76 Å². The second kappa shape index (κ2) is 8.14. The second-order valence-electron chi connectivity index (χ2n) is 6.90. The van der Waals surface area contributed by atoms with Gasteiger partial charge in [-0.25, -0.2) is 4.21 Å². The summed E-state index contributed by atoms with van der Waals surface area (Å²) in [6, 6.07) is 26.8. The number of hydrogen-bond acceptors (Lipinski definition) is 5. The molecule has 1 unspecified atom stereocenters. The van der Waals surface area contributed by atoms with Crippen LogP contribution in [-0.4, -0.2) is 23.8 Å². The molecule has 0 spiro atoms. The van der Waals surface area contributed by atoms with Crippen LogP contribution in [-0.2, 0) is 11.4 Å². The average molecular weight is 426 g/mol. The molecule has 1 heterocycles. The van der Waals surface area contributed by atoms with Crippen LogP contribution in [0.4, 0.5) is 0 Å². The highest BCUT2D eigenvalue weighted by atomic mass is 32.2. The fourth-order valence-corrected chi connectivity index (χ4v) is 3.74. The lowest BCUT2D eigenvalue weighted by Gasteiger charge is -2.11. The first-order chi connectivity index (χ1) is 15.2. The molecule has 0 aliphatic rings. The Kier molecular flexibility index (Phi) is 5.03. The van der Waals surface area contributed by atoms with Crippen molar-refractivity contribution in [3.8, 4) is 11.4 Å². The third-order valence-electron chi connectivity index (χ3n) is 4.92. The van der Waals surface area contributed by atoms with E-state index in [1.807, 2.05) is 84.9 Å². The first-order valence-corrected chi connectivity index (χ1v) is 10.6. The third-order valence-corrected chi connectivity index (χ3v) is 5.23. The number of rotatable bonds is 5. The molecule has 7 heteroatoms. The molecule has 0 aliphatic heterocycles. The number of fused-ring (bicyclic) bond motifs is 3. The average Bonchev–Trinajstić information content (AvgIpc) is 3.23. The molecule has 5 aromatic rings. The summed E-state index contributed by atoms with van der Waals surface area (Å²) < 4.78 is 27.5. The molecule has 0 aliphatic carbocycles. The van der Waals surface area contributed by atoms with Gasteiger partial charge in [-0.05, 0) is 29.1 Å². The number of hydrogen-bond donors (Lipinski definition) is 0. The monoisotopic (exact) mass is 426 g/mol. The maximum Gasteiger partial charge on any atom is 0.148 e. The molecule has 5 rings (SSSR count). The summed E-state index contributed by atoms with van der Waals surface area (Å²) in [5.41, 5.74) is 3.74. The van der Waals surface area contributed by atoms with E-state index in [0.717, 1.165) is 27.4 Å². The van der Waals surface area contributed by atoms with Gasteiger partial charge in [0.05, 0.1) is 5.69 Å². The predicted molar refractivity (Wildman–Crippen MR) is 121 cm³/mol. The van der Waals surface area contributed by atoms with Gasteiger partial charge in [-0.15, -0.1) is 10.2 Å². The molecule has 0 fully saturated rings. The lowest BCUT2D eigenvalue weighted by molar-refractivity contribution is 0.439. The predicted octanol–water partition coefficient (Wildman–Crippen LogP) is 4.92. The van der Waals surface area contributed by atoms with Gasteiger partial charge in [0.25, 0.3) is 0 Å². The van der Waals surface area contributed by atoms with E-state index >= 15 is 0 Å². The van der Waals surface area contributed by atoms with Crippen LogP contribution in [0.15, 0.2) is 84.9 Å². The molecule has 31 heavy (non-hydrogen) atoms. The van der Waals surface area contributed by atoms with E-state index in [1.54, 1.807) is 12.1 Å². The molecule has 4 aromatic carbocycles. The number of benzene rings is 4. The van der Waals surface area contributed by atoms with Gasteiger partial charge in [0.15, 0.2) is 0 Å². The fourth-order valence-electron chi connectivity index (χ4n) is 3.44. The van der Waals surface area contributed by atoms with Crippen LogP contribution < -0.4 is 4.18 Å². The largest absolute Gasteiger partial charge is 0.740 e. The Balaban J connectivity index is 1.57. The lowest BCUT2D eigenvalue weighted by atomic mass is 10.1. The normalized spacial score (nSPS) is 12.5. The van der Waals surface area contributed by atoms with E-state index in [0.29, 0.717) is 11.3 Å². The van der Waals surface area contributed by atoms with Crippen LogP contribution in [0.2, 0.25) is 0 Å². The Bertz CT molecular complexity index is 1450. The minimum absolute atomic E-state index is 0.198. The van der Waals surface area contributed by atoms with Crippen molar-refractivity contribution >= 4 is 45.3 Å². The smallest absolute Gasteiger partial charge is 0.148 e. The molecular formula is C24H16N3O3S-. The Labute approximate surface area is 180 Å². The van der Waals surface area contributed by atoms with Gasteiger partial charge < -0.3 is 8.74 Å². The van der Waals surface area contributed by atoms with E-state index in [4.69, 9.17) is 4.18 Å². The Morgan fingerprint density at radius 3 is 2.52 bits per heavy atom. The number of nitrogens with zero attached hydrogens (tertiary/aromatic N) is 3. The molecule has 6 nitrogen and oxygen atoms in total. The zero-order valence-corrected chi connectivity index (χ0v) is 17.0. The van der Waals surface area contributed by atoms with E-state index in [-0.39, 0.29) is 5.75 Å². The van der Waals surface area contributed by atoms with E-state index in [2.05, 4.69) is 10.2 Å². The van der Waals surface area contributed by atoms with E-state index < -0.39 is 11.4 Å². The molecule has 0 radical (unpaired) electrons. The zero-order valence-electron chi connectivity index (χ0n) is 16.2. The Morgan fingerprint density at radius 2 is 1.68 bits per heavy atom. The van der Waals surface area contributed by atoms with Gasteiger partial charge in [-0.1, -0.05) is 72.8 Å². The summed E-state index contributed by atoms with van der Waals surface area (Å²) in [6.45, 7) is 0. The molecule has 0 bridgehead atoms. The van der Waals surface area contributed by atoms with Crippen molar-refractivity contribution in [3.63, 3.8) is 0 Å². The van der Waals surface area contributed by atoms with Gasteiger partial charge in [0.1, 0.15) is 28.1 Å². The Morgan fingerprint density at radius 1 is 0.871 bits per heavy atom. The van der Waals surface area contributed by atoms with Gasteiger partial charge in [-0.2, -0.15) is 4.80 Å². The summed E-state index contributed by atoms with van der Waals surface area (Å²) >= 11 is -2.71. The van der Waals surface area contributed by atoms with Crippen LogP contribution in [0.1, 0.15) is 11.1 Å². The highest BCUT2D eigenvalue weighted by Crippen LogP contribution is 2.27. The molecule has 0 saturated heterocycles. The first-order valence-electron chi connectivity index (χ1n) is 9.57. The van der Waals surface area contributed by atoms with Gasteiger partial charge in [0.2, 0.25) is 0 Å². The van der Waals surface area contributed by atoms with Gasteiger partial charge in [0, 0.05) is 17.0 Å². The summed E-state index contributed by atoms with van der Waals surface area (Å²) in [7, 11) is 0. The zero-order chi connectivity index (χ0) is 21.2. The summed E-state index contributed by atoms with van der Waals surface area (Å²) in [5.74, 6) is 0.198. The maximum atomic E-state index is 11.2. The molecular weight excluding hydrogens is 410 g/mol. The van der Waals surface area contributed by atoms with Crippen LogP contribution >= 0.6 is 0 Å². The fraction of sp³-hybridized carbons (Fsp3) is 0. The highest BCUT2D eigenvalue weighted by Gasteiger charge is 2.11. The lowest BCUT2D eigenvalue weighted by Crippen LogP contribution is -2.03. The second-order valence-corrected chi connectivity index (χ2v) is 7.47. The Hall–Kier alpha value is -3.81. The number of aromatic nitrogens is 3. The first kappa shape index (κ1) is 19.2. The van der Waals surface area contributed by atoms with Crippen LogP contribution in [0.5, 0.6) is 5.75 Å². The van der Waals surface area contributed by atoms with Crippen molar-refractivity contribution < 1.29 is 12.9 Å². The van der Waals surface area contributed by atoms with Crippen molar-refractivity contribution in [2.24, 2.45) is 0 Å². The molecule has 1 atom stereocenters. The van der Waals surface area contributed by atoms with Crippen LogP contribution in [0.25, 0.3) is 39.6 Å². The molecule has 152 valence electrons. The topological polar surface area (TPSA) is 80.1 Å². The van der Waals surface area contributed by atoms with Crippen molar-refractivity contribution in [3.05, 3.63) is 96.1 Å². The SMILES string of the molecule is O=S([O-])Oc1cc(-n2nc3ccc4ccccc4c3n2)ccc1C=Cc1ccccc1. The van der Waals surface area contributed by atoms with Gasteiger partial charge in [-0.3, -0.25) is 0 Å².